The highest BCUT2D eigenvalue weighted by Crippen LogP contribution is 2.54. The Hall–Kier alpha value is -3.01. The molecule has 0 saturated carbocycles. The Labute approximate surface area is 183 Å². The van der Waals surface area contributed by atoms with Gasteiger partial charge in [-0.2, -0.15) is 26.3 Å². The predicted molar refractivity (Wildman–Crippen MR) is 109 cm³/mol. The minimum absolute atomic E-state index is 0.0806. The van der Waals surface area contributed by atoms with E-state index < -0.39 is 47.1 Å². The first-order valence-corrected chi connectivity index (χ1v) is 9.50. The number of hydrogen-bond donors (Lipinski definition) is 2. The molecule has 11 heteroatoms. The number of benzene rings is 1. The zero-order valence-corrected chi connectivity index (χ0v) is 17.2. The topological polar surface area (TPSA) is 68.0 Å². The fourth-order valence-electron chi connectivity index (χ4n) is 3.20. The van der Waals surface area contributed by atoms with E-state index in [0.717, 1.165) is 13.0 Å². The van der Waals surface area contributed by atoms with E-state index in [1.54, 1.807) is 0 Å². The highest BCUT2D eigenvalue weighted by Gasteiger charge is 2.55. The van der Waals surface area contributed by atoms with Crippen LogP contribution in [0.4, 0.5) is 38.0 Å². The van der Waals surface area contributed by atoms with Crippen molar-refractivity contribution in [1.82, 2.24) is 4.98 Å². The number of alkyl halides is 6. The number of carbonyl (C=O) groups excluding carboxylic acids is 1. The molecule has 170 valence electrons. The van der Waals surface area contributed by atoms with Gasteiger partial charge in [0.05, 0.1) is 11.0 Å². The molecule has 1 aromatic carbocycles. The predicted octanol–water partition coefficient (Wildman–Crippen LogP) is 6.41. The number of nitrogens with zero attached hydrogens (tertiary/aromatic N) is 1. The van der Waals surface area contributed by atoms with Gasteiger partial charge in [0.15, 0.2) is 0 Å². The van der Waals surface area contributed by atoms with E-state index in [0.29, 0.717) is 17.2 Å². The third-order valence-corrected chi connectivity index (χ3v) is 5.39. The van der Waals surface area contributed by atoms with E-state index in [-0.39, 0.29) is 16.9 Å². The quantitative estimate of drug-likeness (QED) is 0.504. The molecule has 1 atom stereocenters. The summed E-state index contributed by atoms with van der Waals surface area (Å²) in [5.41, 5.74) is 1.29. The third-order valence-electron chi connectivity index (χ3n) is 5.14. The lowest BCUT2D eigenvalue weighted by molar-refractivity contribution is -0.195. The Morgan fingerprint density at radius 2 is 1.72 bits per heavy atom. The van der Waals surface area contributed by atoms with Crippen molar-refractivity contribution >= 4 is 34.7 Å². The molecule has 1 aliphatic carbocycles. The van der Waals surface area contributed by atoms with Crippen LogP contribution in [0.25, 0.3) is 5.57 Å². The van der Waals surface area contributed by atoms with Crippen molar-refractivity contribution in [2.24, 2.45) is 5.41 Å². The van der Waals surface area contributed by atoms with Crippen LogP contribution >= 0.6 is 11.6 Å². The van der Waals surface area contributed by atoms with Crippen molar-refractivity contribution in [3.63, 3.8) is 0 Å². The maximum atomic E-state index is 13.8. The Morgan fingerprint density at radius 1 is 1.09 bits per heavy atom. The normalized spacial score (nSPS) is 19.2. The summed E-state index contributed by atoms with van der Waals surface area (Å²) in [6.45, 7) is 0.804. The number of aromatic nitrogens is 1. The van der Waals surface area contributed by atoms with Crippen molar-refractivity contribution in [3.05, 3.63) is 70.3 Å². The smallest absolute Gasteiger partial charge is 0.383 e. The molecule has 0 spiro atoms. The summed E-state index contributed by atoms with van der Waals surface area (Å²) in [5.74, 6) is -1.12. The van der Waals surface area contributed by atoms with Crippen LogP contribution in [0, 0.1) is 5.41 Å². The second kappa shape index (κ2) is 8.16. The Bertz CT molecular complexity index is 1110. The number of halogens is 7. The summed E-state index contributed by atoms with van der Waals surface area (Å²) in [6.07, 6.45) is -9.63. The largest absolute Gasteiger partial charge is 0.416 e. The van der Waals surface area contributed by atoms with E-state index in [1.165, 1.54) is 30.3 Å². The molecule has 1 aromatic heterocycles. The van der Waals surface area contributed by atoms with Gasteiger partial charge in [-0.25, -0.2) is 4.98 Å². The first kappa shape index (κ1) is 23.6. The number of nitrogens with two attached hydrogens (primary N) is 1. The lowest BCUT2D eigenvalue weighted by atomic mass is 9.71. The molecular weight excluding hydrogens is 460 g/mol. The van der Waals surface area contributed by atoms with Crippen molar-refractivity contribution in [3.8, 4) is 0 Å². The van der Waals surface area contributed by atoms with Crippen LogP contribution < -0.4 is 11.1 Å². The third kappa shape index (κ3) is 4.59. The number of nitrogens with one attached hydrogen (secondary N) is 1. The fraction of sp³-hybridized carbons (Fsp3) is 0.238. The Kier molecular flexibility index (Phi) is 6.03. The molecule has 32 heavy (non-hydrogen) atoms. The molecule has 0 radical (unpaired) electrons. The van der Waals surface area contributed by atoms with Crippen LogP contribution in [-0.4, -0.2) is 23.2 Å². The standard InChI is InChI=1S/C21H16ClF6N3O/c1-19(21(26,27)28)9-8-12(20(23,24)25)10-15(19)14-6-7-16(30-17(14)29)31-18(32)11-2-4-13(22)5-3-11/h2-8,10H,9H2,1H3,(H3,29,30,31,32). The number of rotatable bonds is 3. The highest BCUT2D eigenvalue weighted by atomic mass is 35.5. The molecule has 0 saturated heterocycles. The van der Waals surface area contributed by atoms with Gasteiger partial charge in [-0.1, -0.05) is 17.7 Å². The second-order valence-electron chi connectivity index (χ2n) is 7.34. The van der Waals surface area contributed by atoms with Gasteiger partial charge >= 0.3 is 12.4 Å². The van der Waals surface area contributed by atoms with E-state index in [4.69, 9.17) is 17.3 Å². The van der Waals surface area contributed by atoms with Gasteiger partial charge < -0.3 is 11.1 Å². The SMILES string of the molecule is CC1(C(F)(F)F)CC=C(C(F)(F)F)C=C1c1ccc(NC(=O)c2ccc(Cl)cc2)nc1N. The molecule has 3 rings (SSSR count). The minimum atomic E-state index is -4.85. The molecule has 0 fully saturated rings. The summed E-state index contributed by atoms with van der Waals surface area (Å²) in [6, 6.07) is 8.14. The lowest BCUT2D eigenvalue weighted by Gasteiger charge is -2.37. The lowest BCUT2D eigenvalue weighted by Crippen LogP contribution is -2.38. The molecular formula is C21H16ClF6N3O. The van der Waals surface area contributed by atoms with Crippen molar-refractivity contribution in [2.45, 2.75) is 25.7 Å². The van der Waals surface area contributed by atoms with E-state index in [2.05, 4.69) is 10.3 Å². The second-order valence-corrected chi connectivity index (χ2v) is 7.78. The molecule has 1 aliphatic rings. The summed E-state index contributed by atoms with van der Waals surface area (Å²) in [5, 5.41) is 2.84. The summed E-state index contributed by atoms with van der Waals surface area (Å²) < 4.78 is 80.9. The fourth-order valence-corrected chi connectivity index (χ4v) is 3.33. The van der Waals surface area contributed by atoms with Crippen molar-refractivity contribution in [2.75, 3.05) is 11.1 Å². The average molecular weight is 476 g/mol. The van der Waals surface area contributed by atoms with Gasteiger partial charge in [-0.15, -0.1) is 0 Å². The van der Waals surface area contributed by atoms with Crippen LogP contribution in [0.2, 0.25) is 5.02 Å². The maximum Gasteiger partial charge on any atom is 0.416 e. The van der Waals surface area contributed by atoms with Gasteiger partial charge in [-0.05, 0) is 61.4 Å². The number of anilines is 2. The highest BCUT2D eigenvalue weighted by molar-refractivity contribution is 6.30. The zero-order chi connectivity index (χ0) is 23.9. The molecule has 1 unspecified atom stereocenters. The number of amides is 1. The summed E-state index contributed by atoms with van der Waals surface area (Å²) >= 11 is 5.76. The van der Waals surface area contributed by atoms with Gasteiger partial charge in [-0.3, -0.25) is 4.79 Å². The number of nitrogen functional groups attached to an aromatic ring is 1. The van der Waals surface area contributed by atoms with Crippen LogP contribution in [0.1, 0.15) is 29.3 Å². The maximum absolute atomic E-state index is 13.8. The van der Waals surface area contributed by atoms with Gasteiger partial charge in [0.25, 0.3) is 5.91 Å². The van der Waals surface area contributed by atoms with Crippen LogP contribution in [0.15, 0.2) is 54.1 Å². The van der Waals surface area contributed by atoms with E-state index in [1.807, 2.05) is 0 Å². The molecule has 0 aliphatic heterocycles. The van der Waals surface area contributed by atoms with Crippen LogP contribution in [-0.2, 0) is 0 Å². The summed E-state index contributed by atoms with van der Waals surface area (Å²) in [4.78, 5) is 16.2. The average Bonchev–Trinajstić information content (AvgIpc) is 2.67. The monoisotopic (exact) mass is 475 g/mol. The zero-order valence-electron chi connectivity index (χ0n) is 16.4. The number of carbonyl (C=O) groups is 1. The number of pyridine rings is 1. The van der Waals surface area contributed by atoms with Gasteiger partial charge in [0.1, 0.15) is 11.6 Å². The number of hydrogen-bond acceptors (Lipinski definition) is 3. The molecule has 1 amide bonds. The van der Waals surface area contributed by atoms with Gasteiger partial charge in [0, 0.05) is 16.1 Å². The Balaban J connectivity index is 1.98. The van der Waals surface area contributed by atoms with Gasteiger partial charge in [0.2, 0.25) is 0 Å². The van der Waals surface area contributed by atoms with E-state index >= 15 is 0 Å². The van der Waals surface area contributed by atoms with Crippen LogP contribution in [0.3, 0.4) is 0 Å². The van der Waals surface area contributed by atoms with Crippen LogP contribution in [0.5, 0.6) is 0 Å². The first-order valence-electron chi connectivity index (χ1n) is 9.12. The van der Waals surface area contributed by atoms with Crippen molar-refractivity contribution in [1.29, 1.82) is 0 Å². The molecule has 0 bridgehead atoms. The number of allylic oxidation sites excluding steroid dienone is 4. The molecule has 1 heterocycles. The molecule has 4 nitrogen and oxygen atoms in total. The van der Waals surface area contributed by atoms with E-state index in [9.17, 15) is 31.1 Å². The molecule has 3 N–H and O–H groups in total. The first-order chi connectivity index (χ1) is 14.7. The minimum Gasteiger partial charge on any atom is -0.383 e. The van der Waals surface area contributed by atoms with Crippen molar-refractivity contribution < 1.29 is 31.1 Å². The molecule has 2 aromatic rings. The Morgan fingerprint density at radius 3 is 2.25 bits per heavy atom. The summed E-state index contributed by atoms with van der Waals surface area (Å²) in [7, 11) is 0.